The van der Waals surface area contributed by atoms with Crippen LogP contribution < -0.4 is 5.32 Å². The van der Waals surface area contributed by atoms with Gasteiger partial charge < -0.3 is 20.0 Å². The number of nitrogens with one attached hydrogen (secondary N) is 1. The Morgan fingerprint density at radius 3 is 1.48 bits per heavy atom. The Kier molecular flexibility index (Phi) is 21.6. The third kappa shape index (κ3) is 17.9. The molecule has 0 saturated carbocycles. The van der Waals surface area contributed by atoms with Crippen LogP contribution in [0.2, 0.25) is 0 Å². The van der Waals surface area contributed by atoms with Gasteiger partial charge in [-0.3, -0.25) is 43.2 Å². The summed E-state index contributed by atoms with van der Waals surface area (Å²) in [5.41, 5.74) is 0. The minimum atomic E-state index is -1.19. The average molecular weight is 713 g/mol. The van der Waals surface area contributed by atoms with Crippen LogP contribution in [0.15, 0.2) is 0 Å². The Bertz CT molecular complexity index is 1120. The Hall–Kier alpha value is -3.07. The van der Waals surface area contributed by atoms with E-state index in [1.54, 1.807) is 20.8 Å². The molecule has 1 fully saturated rings. The van der Waals surface area contributed by atoms with Gasteiger partial charge in [-0.15, -0.1) is 23.5 Å². The van der Waals surface area contributed by atoms with Gasteiger partial charge in [0.1, 0.15) is 35.0 Å². The molecule has 1 aliphatic heterocycles. The fourth-order valence-corrected chi connectivity index (χ4v) is 6.48. The molecule has 15 heteroatoms. The Labute approximate surface area is 292 Å². The highest BCUT2D eigenvalue weighted by Gasteiger charge is 2.30. The fourth-order valence-electron chi connectivity index (χ4n) is 4.73. The largest absolute Gasteiger partial charge is 0.343 e. The van der Waals surface area contributed by atoms with Crippen LogP contribution >= 0.6 is 23.5 Å². The lowest BCUT2D eigenvalue weighted by Crippen LogP contribution is -2.51. The van der Waals surface area contributed by atoms with Crippen molar-refractivity contribution in [2.45, 2.75) is 97.9 Å². The van der Waals surface area contributed by atoms with Gasteiger partial charge in [-0.25, -0.2) is 0 Å². The number of thioether (sulfide) groups is 2. The fraction of sp³-hybridized carbons (Fsp3) is 0.727. The summed E-state index contributed by atoms with van der Waals surface area (Å²) in [6.45, 7) is 6.77. The SMILES string of the molecule is CCC(=O)CCN(CCC(C)=O)C(=O)CCN(CCC(=O)N(CCC(=O)CC)CCC(=O)CC)C(=O)C1CC(=O)CSCSCC(=O)N1. The van der Waals surface area contributed by atoms with E-state index in [-0.39, 0.29) is 136 Å². The van der Waals surface area contributed by atoms with E-state index in [1.807, 2.05) is 0 Å². The second kappa shape index (κ2) is 24.1. The van der Waals surface area contributed by atoms with Crippen molar-refractivity contribution in [1.29, 1.82) is 0 Å². The molecule has 1 saturated heterocycles. The second-order valence-electron chi connectivity index (χ2n) is 11.6. The molecule has 1 heterocycles. The predicted octanol–water partition coefficient (Wildman–Crippen LogP) is 2.22. The number of ketones is 5. The van der Waals surface area contributed by atoms with Crippen molar-refractivity contribution in [2.75, 3.05) is 55.9 Å². The van der Waals surface area contributed by atoms with Crippen molar-refractivity contribution in [3.8, 4) is 0 Å². The number of amides is 4. The highest BCUT2D eigenvalue weighted by molar-refractivity contribution is 8.16. The van der Waals surface area contributed by atoms with Crippen molar-refractivity contribution in [1.82, 2.24) is 20.0 Å². The third-order valence-electron chi connectivity index (χ3n) is 7.83. The zero-order chi connectivity index (χ0) is 36.1. The van der Waals surface area contributed by atoms with E-state index < -0.39 is 17.9 Å². The molecule has 0 radical (unpaired) electrons. The van der Waals surface area contributed by atoms with Crippen molar-refractivity contribution >= 4 is 76.1 Å². The Balaban J connectivity index is 3.24. The van der Waals surface area contributed by atoms with Crippen molar-refractivity contribution < 1.29 is 43.2 Å². The first-order valence-corrected chi connectivity index (χ1v) is 19.0. The molecule has 0 aromatic heterocycles. The molecule has 0 spiro atoms. The van der Waals surface area contributed by atoms with Crippen molar-refractivity contribution in [3.05, 3.63) is 0 Å². The molecule has 1 rings (SSSR count). The highest BCUT2D eigenvalue weighted by Crippen LogP contribution is 2.16. The van der Waals surface area contributed by atoms with Crippen LogP contribution in [-0.2, 0) is 43.2 Å². The van der Waals surface area contributed by atoms with Gasteiger partial charge >= 0.3 is 0 Å². The Morgan fingerprint density at radius 2 is 1.04 bits per heavy atom. The molecule has 0 aromatic rings. The van der Waals surface area contributed by atoms with Gasteiger partial charge in [-0.05, 0) is 6.92 Å². The number of hydrogen-bond acceptors (Lipinski definition) is 11. The molecule has 270 valence electrons. The molecule has 1 aliphatic rings. The van der Waals surface area contributed by atoms with Gasteiger partial charge in [0.25, 0.3) is 0 Å². The molecule has 1 atom stereocenters. The summed E-state index contributed by atoms with van der Waals surface area (Å²) >= 11 is 2.69. The van der Waals surface area contributed by atoms with E-state index in [9.17, 15) is 43.2 Å². The number of rotatable bonds is 22. The zero-order valence-corrected chi connectivity index (χ0v) is 30.5. The van der Waals surface area contributed by atoms with Crippen LogP contribution in [0, 0.1) is 0 Å². The molecule has 4 amide bonds. The summed E-state index contributed by atoms with van der Waals surface area (Å²) < 4.78 is 0. The second-order valence-corrected chi connectivity index (χ2v) is 14.0. The molecule has 0 aromatic carbocycles. The van der Waals surface area contributed by atoms with Gasteiger partial charge in [0, 0.05) is 109 Å². The lowest BCUT2D eigenvalue weighted by atomic mass is 10.1. The van der Waals surface area contributed by atoms with Crippen molar-refractivity contribution in [3.63, 3.8) is 0 Å². The Morgan fingerprint density at radius 1 is 0.625 bits per heavy atom. The smallest absolute Gasteiger partial charge is 0.245 e. The molecule has 0 aliphatic carbocycles. The molecule has 1 N–H and O–H groups in total. The average Bonchev–Trinajstić information content (AvgIpc) is 3.06. The topological polar surface area (TPSA) is 175 Å². The lowest BCUT2D eigenvalue weighted by Gasteiger charge is -2.30. The minimum absolute atomic E-state index is 0.0346. The third-order valence-corrected chi connectivity index (χ3v) is 10.2. The first-order valence-electron chi connectivity index (χ1n) is 16.7. The number of hydrogen-bond donors (Lipinski definition) is 1. The van der Waals surface area contributed by atoms with Crippen molar-refractivity contribution in [2.24, 2.45) is 0 Å². The van der Waals surface area contributed by atoms with Crippen LogP contribution in [0.25, 0.3) is 0 Å². The summed E-state index contributed by atoms with van der Waals surface area (Å²) in [5.74, 6) is -1.97. The van der Waals surface area contributed by atoms with Gasteiger partial charge in [0.05, 0.1) is 11.5 Å². The first-order chi connectivity index (χ1) is 22.8. The van der Waals surface area contributed by atoms with E-state index in [0.29, 0.717) is 24.3 Å². The molecular formula is C33H52N4O9S2. The molecule has 13 nitrogen and oxygen atoms in total. The number of nitrogens with zero attached hydrogens (tertiary/aromatic N) is 3. The van der Waals surface area contributed by atoms with Crippen LogP contribution in [0.1, 0.15) is 91.9 Å². The maximum atomic E-state index is 13.9. The molecular weight excluding hydrogens is 661 g/mol. The lowest BCUT2D eigenvalue weighted by molar-refractivity contribution is -0.140. The van der Waals surface area contributed by atoms with Crippen LogP contribution in [0.5, 0.6) is 0 Å². The molecule has 1 unspecified atom stereocenters. The first kappa shape index (κ1) is 43.0. The zero-order valence-electron chi connectivity index (χ0n) is 28.8. The van der Waals surface area contributed by atoms with Gasteiger partial charge in [-0.1, -0.05) is 20.8 Å². The van der Waals surface area contributed by atoms with Gasteiger partial charge in [-0.2, -0.15) is 0 Å². The maximum Gasteiger partial charge on any atom is 0.245 e. The van der Waals surface area contributed by atoms with Crippen LogP contribution in [-0.4, -0.2) is 129 Å². The van der Waals surface area contributed by atoms with E-state index in [4.69, 9.17) is 0 Å². The van der Waals surface area contributed by atoms with Gasteiger partial charge in [0.2, 0.25) is 23.6 Å². The number of carbonyl (C=O) groups excluding carboxylic acids is 9. The highest BCUT2D eigenvalue weighted by atomic mass is 32.2. The van der Waals surface area contributed by atoms with Gasteiger partial charge in [0.15, 0.2) is 0 Å². The standard InChI is InChI=1S/C33H52N4O9S2/c1-5-25(39)9-15-35(14-8-24(4)38)31(44)12-18-37(33(46)29-20-28(42)21-47-23-48-22-30(43)34-29)19-13-32(45)36(16-10-26(40)6-2)17-11-27(41)7-3/h29H,5-23H2,1-4H3,(H,34,43). The monoisotopic (exact) mass is 712 g/mol. The number of carbonyl (C=O) groups is 9. The summed E-state index contributed by atoms with van der Waals surface area (Å²) in [6.07, 6.45) is 0.811. The van der Waals surface area contributed by atoms with E-state index in [0.717, 1.165) is 0 Å². The van der Waals surface area contributed by atoms with E-state index in [1.165, 1.54) is 45.1 Å². The van der Waals surface area contributed by atoms with Crippen LogP contribution in [0.4, 0.5) is 0 Å². The maximum absolute atomic E-state index is 13.9. The minimum Gasteiger partial charge on any atom is -0.343 e. The molecule has 0 bridgehead atoms. The summed E-state index contributed by atoms with van der Waals surface area (Å²) in [4.78, 5) is 118. The van der Waals surface area contributed by atoms with E-state index in [2.05, 4.69) is 5.32 Å². The predicted molar refractivity (Wildman–Crippen MR) is 185 cm³/mol. The van der Waals surface area contributed by atoms with E-state index >= 15 is 0 Å². The quantitative estimate of drug-likeness (QED) is 0.174. The summed E-state index contributed by atoms with van der Waals surface area (Å²) in [5, 5.41) is 3.20. The van der Waals surface area contributed by atoms with Crippen LogP contribution in [0.3, 0.4) is 0 Å². The molecule has 48 heavy (non-hydrogen) atoms. The summed E-state index contributed by atoms with van der Waals surface area (Å²) in [6, 6.07) is -1.19. The normalized spacial score (nSPS) is 15.2. The number of Topliss-reactive ketones (excluding diaryl/α,β-unsaturated/α-hetero) is 5. The summed E-state index contributed by atoms with van der Waals surface area (Å²) in [7, 11) is 0.